The molecule has 1 unspecified atom stereocenters. The molecule has 1 aromatic rings. The van der Waals surface area contributed by atoms with E-state index in [0.717, 1.165) is 0 Å². The number of aliphatic carboxylic acids is 1. The summed E-state index contributed by atoms with van der Waals surface area (Å²) < 4.78 is 18.1. The molecule has 0 spiro atoms. The molecule has 19 heavy (non-hydrogen) atoms. The van der Waals surface area contributed by atoms with E-state index in [9.17, 15) is 14.3 Å². The smallest absolute Gasteiger partial charge is 0.329 e. The van der Waals surface area contributed by atoms with Gasteiger partial charge in [0.2, 0.25) is 0 Å². The molecule has 2 N–H and O–H groups in total. The number of benzene rings is 1. The van der Waals surface area contributed by atoms with Gasteiger partial charge in [0, 0.05) is 19.2 Å². The molecule has 0 aromatic heterocycles. The maximum Gasteiger partial charge on any atom is 0.329 e. The van der Waals surface area contributed by atoms with E-state index in [0.29, 0.717) is 5.69 Å². The van der Waals surface area contributed by atoms with E-state index >= 15 is 0 Å². The van der Waals surface area contributed by atoms with Gasteiger partial charge in [-0.15, -0.1) is 0 Å². The highest BCUT2D eigenvalue weighted by Crippen LogP contribution is 2.27. The quantitative estimate of drug-likeness (QED) is 0.833. The predicted octanol–water partition coefficient (Wildman–Crippen LogP) is 2.90. The number of ether oxygens (including phenoxy) is 1. The number of hydrogen-bond acceptors (Lipinski definition) is 3. The van der Waals surface area contributed by atoms with Gasteiger partial charge >= 0.3 is 5.97 Å². The molecule has 0 radical (unpaired) electrons. The molecule has 0 fully saturated rings. The fraction of sp³-hybridized carbons (Fsp3) is 0.500. The summed E-state index contributed by atoms with van der Waals surface area (Å²) in [6.45, 7) is 5.22. The van der Waals surface area contributed by atoms with Gasteiger partial charge in [0.15, 0.2) is 0 Å². The maximum atomic E-state index is 12.8. The van der Waals surface area contributed by atoms with Gasteiger partial charge in [-0.2, -0.15) is 0 Å². The molecule has 1 aromatic carbocycles. The van der Waals surface area contributed by atoms with Crippen molar-refractivity contribution in [2.24, 2.45) is 0 Å². The largest absolute Gasteiger partial charge is 0.480 e. The molecule has 0 aliphatic rings. The minimum Gasteiger partial charge on any atom is -0.480 e. The lowest BCUT2D eigenvalue weighted by Crippen LogP contribution is -2.49. The van der Waals surface area contributed by atoms with Gasteiger partial charge in [-0.3, -0.25) is 0 Å². The molecule has 1 rings (SSSR count). The average Bonchev–Trinajstić information content (AvgIpc) is 2.31. The van der Waals surface area contributed by atoms with Gasteiger partial charge < -0.3 is 15.2 Å². The van der Waals surface area contributed by atoms with Gasteiger partial charge in [0.25, 0.3) is 0 Å². The third kappa shape index (κ3) is 4.21. The summed E-state index contributed by atoms with van der Waals surface area (Å²) in [6, 6.07) is 5.59. The van der Waals surface area contributed by atoms with E-state index in [1.54, 1.807) is 14.0 Å². The van der Waals surface area contributed by atoms with E-state index in [4.69, 9.17) is 4.74 Å². The molecule has 1 atom stereocenters. The summed E-state index contributed by atoms with van der Waals surface area (Å²) in [5, 5.41) is 12.3. The van der Waals surface area contributed by atoms with Crippen LogP contribution in [0.4, 0.5) is 10.1 Å². The van der Waals surface area contributed by atoms with Gasteiger partial charge in [-0.25, -0.2) is 9.18 Å². The lowest BCUT2D eigenvalue weighted by atomic mass is 9.87. The molecule has 0 saturated heterocycles. The van der Waals surface area contributed by atoms with Crippen molar-refractivity contribution in [3.8, 4) is 0 Å². The number of halogens is 1. The minimum absolute atomic E-state index is 0.267. The molecular weight excluding hydrogens is 249 g/mol. The lowest BCUT2D eigenvalue weighted by Gasteiger charge is -2.35. The van der Waals surface area contributed by atoms with E-state index in [1.807, 2.05) is 13.8 Å². The van der Waals surface area contributed by atoms with Crippen LogP contribution in [0.5, 0.6) is 0 Å². The van der Waals surface area contributed by atoms with E-state index in [1.165, 1.54) is 24.3 Å². The molecule has 4 nitrogen and oxygen atoms in total. The molecule has 5 heteroatoms. The summed E-state index contributed by atoms with van der Waals surface area (Å²) in [7, 11) is 1.54. The van der Waals surface area contributed by atoms with Crippen LogP contribution in [-0.2, 0) is 9.53 Å². The van der Waals surface area contributed by atoms with Crippen LogP contribution in [0.25, 0.3) is 0 Å². The summed E-state index contributed by atoms with van der Waals surface area (Å²) in [6.07, 6.45) is 0.267. The fourth-order valence-corrected chi connectivity index (χ4v) is 1.95. The molecule has 0 heterocycles. The van der Waals surface area contributed by atoms with Crippen LogP contribution in [0, 0.1) is 5.82 Å². The Balaban J connectivity index is 2.94. The first kappa shape index (κ1) is 15.4. The Bertz CT molecular complexity index is 445. The number of carbonyl (C=O) groups is 1. The standard InChI is InChI=1S/C14H20FNO3/c1-13(2,19-4)9-14(3,12(17)18)16-11-7-5-10(15)6-8-11/h5-8,16H,9H2,1-4H3,(H,17,18). The van der Waals surface area contributed by atoms with Crippen molar-refractivity contribution in [2.75, 3.05) is 12.4 Å². The monoisotopic (exact) mass is 269 g/mol. The molecule has 0 amide bonds. The summed E-state index contributed by atoms with van der Waals surface area (Å²) in [5.41, 5.74) is -1.23. The van der Waals surface area contributed by atoms with Gasteiger partial charge in [0.1, 0.15) is 11.4 Å². The number of hydrogen-bond donors (Lipinski definition) is 2. The van der Waals surface area contributed by atoms with E-state index in [-0.39, 0.29) is 12.2 Å². The van der Waals surface area contributed by atoms with Crippen molar-refractivity contribution < 1.29 is 19.0 Å². The van der Waals surface area contributed by atoms with Crippen molar-refractivity contribution >= 4 is 11.7 Å². The van der Waals surface area contributed by atoms with Crippen LogP contribution >= 0.6 is 0 Å². The Morgan fingerprint density at radius 3 is 2.26 bits per heavy atom. The van der Waals surface area contributed by atoms with Gasteiger partial charge in [-0.1, -0.05) is 0 Å². The van der Waals surface area contributed by atoms with Crippen molar-refractivity contribution in [2.45, 2.75) is 38.3 Å². The topological polar surface area (TPSA) is 58.6 Å². The first-order valence-corrected chi connectivity index (χ1v) is 6.01. The highest BCUT2D eigenvalue weighted by molar-refractivity contribution is 5.82. The third-order valence-electron chi connectivity index (χ3n) is 3.07. The second-order valence-corrected chi connectivity index (χ2v) is 5.41. The number of carboxylic acids is 1. The maximum absolute atomic E-state index is 12.8. The number of methoxy groups -OCH3 is 1. The minimum atomic E-state index is -1.20. The Hall–Kier alpha value is -1.62. The zero-order valence-corrected chi connectivity index (χ0v) is 11.7. The first-order chi connectivity index (χ1) is 8.68. The Morgan fingerprint density at radius 2 is 1.84 bits per heavy atom. The van der Waals surface area contributed by atoms with Crippen LogP contribution in [0.2, 0.25) is 0 Å². The number of rotatable bonds is 6. The van der Waals surface area contributed by atoms with Crippen molar-refractivity contribution in [1.82, 2.24) is 0 Å². The SMILES string of the molecule is COC(C)(C)CC(C)(Nc1ccc(F)cc1)C(=O)O. The Kier molecular flexibility index (Phi) is 4.52. The molecule has 0 aliphatic carbocycles. The van der Waals surface area contributed by atoms with Crippen molar-refractivity contribution in [3.05, 3.63) is 30.1 Å². The normalized spacial score (nSPS) is 14.8. The summed E-state index contributed by atoms with van der Waals surface area (Å²) in [5.74, 6) is -1.35. The van der Waals surface area contributed by atoms with E-state index in [2.05, 4.69) is 5.32 Å². The highest BCUT2D eigenvalue weighted by Gasteiger charge is 2.39. The zero-order chi connectivity index (χ0) is 14.7. The molecular formula is C14H20FNO3. The second kappa shape index (κ2) is 5.57. The zero-order valence-electron chi connectivity index (χ0n) is 11.7. The van der Waals surface area contributed by atoms with Crippen LogP contribution in [0.1, 0.15) is 27.2 Å². The number of carboxylic acid groups (broad SMARTS) is 1. The lowest BCUT2D eigenvalue weighted by molar-refractivity contribution is -0.144. The fourth-order valence-electron chi connectivity index (χ4n) is 1.95. The Morgan fingerprint density at radius 1 is 1.32 bits per heavy atom. The van der Waals surface area contributed by atoms with Crippen LogP contribution < -0.4 is 5.32 Å². The van der Waals surface area contributed by atoms with Gasteiger partial charge in [-0.05, 0) is 45.0 Å². The summed E-state index contributed by atoms with van der Waals surface area (Å²) in [4.78, 5) is 11.5. The molecule has 0 saturated carbocycles. The van der Waals surface area contributed by atoms with Crippen LogP contribution in [0.3, 0.4) is 0 Å². The predicted molar refractivity (Wildman–Crippen MR) is 71.8 cm³/mol. The summed E-state index contributed by atoms with van der Waals surface area (Å²) >= 11 is 0. The second-order valence-electron chi connectivity index (χ2n) is 5.41. The number of nitrogens with one attached hydrogen (secondary N) is 1. The van der Waals surface area contributed by atoms with Gasteiger partial charge in [0.05, 0.1) is 5.60 Å². The third-order valence-corrected chi connectivity index (χ3v) is 3.07. The molecule has 0 bridgehead atoms. The van der Waals surface area contributed by atoms with E-state index < -0.39 is 17.1 Å². The Labute approximate surface area is 112 Å². The average molecular weight is 269 g/mol. The van der Waals surface area contributed by atoms with Crippen LogP contribution in [0.15, 0.2) is 24.3 Å². The first-order valence-electron chi connectivity index (χ1n) is 6.01. The van der Waals surface area contributed by atoms with Crippen molar-refractivity contribution in [1.29, 1.82) is 0 Å². The van der Waals surface area contributed by atoms with Crippen LogP contribution in [-0.4, -0.2) is 29.3 Å². The number of anilines is 1. The van der Waals surface area contributed by atoms with Crippen molar-refractivity contribution in [3.63, 3.8) is 0 Å². The molecule has 106 valence electrons. The highest BCUT2D eigenvalue weighted by atomic mass is 19.1. The molecule has 0 aliphatic heterocycles.